The molecular weight excluding hydrogens is 322 g/mol. The third-order valence-electron chi connectivity index (χ3n) is 3.94. The summed E-state index contributed by atoms with van der Waals surface area (Å²) in [5, 5.41) is 66.5. The highest BCUT2D eigenvalue weighted by Crippen LogP contribution is 2.29. The molecule has 0 unspecified atom stereocenters. The van der Waals surface area contributed by atoms with Gasteiger partial charge in [0.2, 0.25) is 0 Å². The van der Waals surface area contributed by atoms with Gasteiger partial charge in [-0.3, -0.25) is 0 Å². The van der Waals surface area contributed by atoms with Crippen molar-refractivity contribution >= 4 is 0 Å². The second kappa shape index (κ2) is 7.61. The van der Waals surface area contributed by atoms with Crippen LogP contribution in [0, 0.1) is 0 Å². The molecule has 2 fully saturated rings. The average molecular weight is 343 g/mol. The number of hydrogen-bond acceptors (Lipinski definition) is 10. The molecule has 0 aliphatic carbocycles. The van der Waals surface area contributed by atoms with E-state index in [1.165, 1.54) is 0 Å². The van der Waals surface area contributed by atoms with E-state index in [2.05, 4.69) is 0 Å². The number of ether oxygens (including phenoxy) is 3. The summed E-state index contributed by atoms with van der Waals surface area (Å²) < 4.78 is 28.7. The first-order chi connectivity index (χ1) is 10.8. The van der Waals surface area contributed by atoms with Gasteiger partial charge in [0.1, 0.15) is 42.7 Å². The predicted octanol–water partition coefficient (Wildman–Crippen LogP) is -4.42. The van der Waals surface area contributed by atoms with E-state index in [1.807, 2.05) is 0 Å². The number of hydrogen-bond donors (Lipinski definition) is 7. The van der Waals surface area contributed by atoms with Crippen LogP contribution in [0.2, 0.25) is 0 Å². The van der Waals surface area contributed by atoms with Gasteiger partial charge in [-0.05, 0) is 0 Å². The molecule has 10 nitrogen and oxygen atoms in total. The summed E-state index contributed by atoms with van der Waals surface area (Å²) in [6, 6.07) is 0. The summed E-state index contributed by atoms with van der Waals surface area (Å²) in [5.41, 5.74) is 0. The van der Waals surface area contributed by atoms with Crippen LogP contribution in [0.25, 0.3) is 0 Å². The van der Waals surface area contributed by atoms with Gasteiger partial charge < -0.3 is 50.0 Å². The molecule has 11 heteroatoms. The molecule has 2 rings (SSSR count). The van der Waals surface area contributed by atoms with Crippen molar-refractivity contribution in [2.45, 2.75) is 61.5 Å². The number of aliphatic hydroxyl groups excluding tert-OH is 7. The van der Waals surface area contributed by atoms with Crippen LogP contribution in [-0.2, 0) is 14.2 Å². The molecule has 0 radical (unpaired) electrons. The van der Waals surface area contributed by atoms with Crippen molar-refractivity contribution in [2.75, 3.05) is 13.2 Å². The van der Waals surface area contributed by atoms with Crippen molar-refractivity contribution in [3.8, 4) is 0 Å². The van der Waals surface area contributed by atoms with E-state index in [4.69, 9.17) is 19.3 Å². The Kier molecular flexibility index (Phi) is 6.24. The molecule has 0 aromatic heterocycles. The van der Waals surface area contributed by atoms with Gasteiger partial charge in [0.15, 0.2) is 18.8 Å². The minimum absolute atomic E-state index is 0.692. The van der Waals surface area contributed by atoms with Gasteiger partial charge in [-0.2, -0.15) is 0 Å². The minimum atomic E-state index is -2.23. The maximum atomic E-state index is 13.6. The molecular formula is C12H21FO10. The molecule has 10 atom stereocenters. The fourth-order valence-corrected chi connectivity index (χ4v) is 2.55. The normalized spacial score (nSPS) is 51.7. The smallest absolute Gasteiger partial charge is 0.189 e. The Bertz CT molecular complexity index is 383. The highest BCUT2D eigenvalue weighted by molar-refractivity contribution is 4.93. The van der Waals surface area contributed by atoms with Crippen LogP contribution in [0.5, 0.6) is 0 Å². The van der Waals surface area contributed by atoms with E-state index < -0.39 is 74.7 Å². The lowest BCUT2D eigenvalue weighted by Crippen LogP contribution is -2.63. The Labute approximate surface area is 130 Å². The van der Waals surface area contributed by atoms with Crippen molar-refractivity contribution < 1.29 is 54.3 Å². The van der Waals surface area contributed by atoms with Crippen molar-refractivity contribution in [3.63, 3.8) is 0 Å². The molecule has 2 saturated heterocycles. The van der Waals surface area contributed by atoms with E-state index in [0.717, 1.165) is 0 Å². The van der Waals surface area contributed by atoms with Crippen LogP contribution >= 0.6 is 0 Å². The van der Waals surface area contributed by atoms with Gasteiger partial charge in [0.05, 0.1) is 13.2 Å². The number of aliphatic hydroxyl groups is 7. The van der Waals surface area contributed by atoms with E-state index in [1.54, 1.807) is 0 Å². The summed E-state index contributed by atoms with van der Waals surface area (Å²) in [7, 11) is 0. The molecule has 2 aliphatic heterocycles. The van der Waals surface area contributed by atoms with E-state index in [9.17, 15) is 35.0 Å². The Hall–Kier alpha value is -0.470. The van der Waals surface area contributed by atoms with Gasteiger partial charge in [-0.1, -0.05) is 0 Å². The average Bonchev–Trinajstić information content (AvgIpc) is 2.55. The van der Waals surface area contributed by atoms with E-state index >= 15 is 0 Å². The Morgan fingerprint density at radius 1 is 0.783 bits per heavy atom. The topological polar surface area (TPSA) is 169 Å². The Morgan fingerprint density at radius 2 is 1.39 bits per heavy atom. The first-order valence-electron chi connectivity index (χ1n) is 7.04. The molecule has 0 aromatic carbocycles. The molecule has 136 valence electrons. The molecule has 2 aliphatic rings. The molecule has 0 bridgehead atoms. The highest BCUT2D eigenvalue weighted by Gasteiger charge is 2.50. The van der Waals surface area contributed by atoms with Crippen LogP contribution in [0.15, 0.2) is 0 Å². The number of rotatable bonds is 4. The number of alkyl halides is 1. The second-order valence-electron chi connectivity index (χ2n) is 5.48. The summed E-state index contributed by atoms with van der Waals surface area (Å²) in [6.07, 6.45) is -16.9. The standard InChI is InChI=1S/C12H21FO10/c13-5-7(17)10(4(2-15)21-11(5)20)23-12-9(19)8(18)6(16)3(1-14)22-12/h3-12,14-20H,1-2H2/t3-,4-,5-,6+,7-,8+,9-,10-,11+,12+/m1/s1/i13-1. The van der Waals surface area contributed by atoms with Crippen molar-refractivity contribution in [1.29, 1.82) is 0 Å². The Balaban J connectivity index is 2.11. The highest BCUT2D eigenvalue weighted by atomic mass is 18.2. The lowest BCUT2D eigenvalue weighted by Gasteiger charge is -2.44. The zero-order valence-corrected chi connectivity index (χ0v) is 11.9. The largest absolute Gasteiger partial charge is 0.394 e. The molecule has 0 saturated carbocycles. The zero-order valence-electron chi connectivity index (χ0n) is 11.9. The first-order valence-corrected chi connectivity index (χ1v) is 7.04. The number of halogens is 1. The molecule has 23 heavy (non-hydrogen) atoms. The van der Waals surface area contributed by atoms with Gasteiger partial charge in [0.25, 0.3) is 0 Å². The SMILES string of the molecule is OC[C@H]1O[C@@H](O[C@H]2[C@H](O)[C@@H]([18F])[C@@H](O)O[C@@H]2CO)[C@H](O)[C@@H](O)[C@H]1O. The molecule has 2 heterocycles. The summed E-state index contributed by atoms with van der Waals surface area (Å²) in [4.78, 5) is 0. The van der Waals surface area contributed by atoms with Gasteiger partial charge >= 0.3 is 0 Å². The lowest BCUT2D eigenvalue weighted by molar-refractivity contribution is -0.350. The van der Waals surface area contributed by atoms with E-state index in [0.29, 0.717) is 0 Å². The van der Waals surface area contributed by atoms with Crippen LogP contribution < -0.4 is 0 Å². The lowest BCUT2D eigenvalue weighted by atomic mass is 9.97. The third kappa shape index (κ3) is 3.64. The van der Waals surface area contributed by atoms with Gasteiger partial charge in [0, 0.05) is 0 Å². The predicted molar refractivity (Wildman–Crippen MR) is 67.5 cm³/mol. The molecule has 7 N–H and O–H groups in total. The minimum Gasteiger partial charge on any atom is -0.394 e. The maximum Gasteiger partial charge on any atom is 0.189 e. The summed E-state index contributed by atoms with van der Waals surface area (Å²) in [5.74, 6) is 0. The summed E-state index contributed by atoms with van der Waals surface area (Å²) in [6.45, 7) is -1.43. The maximum absolute atomic E-state index is 13.6. The summed E-state index contributed by atoms with van der Waals surface area (Å²) >= 11 is 0. The van der Waals surface area contributed by atoms with Crippen LogP contribution in [-0.4, -0.2) is 110 Å². The van der Waals surface area contributed by atoms with Crippen LogP contribution in [0.4, 0.5) is 4.39 Å². The fourth-order valence-electron chi connectivity index (χ4n) is 2.55. The van der Waals surface area contributed by atoms with Crippen molar-refractivity contribution in [1.82, 2.24) is 0 Å². The third-order valence-corrected chi connectivity index (χ3v) is 3.94. The molecule has 0 spiro atoms. The second-order valence-corrected chi connectivity index (χ2v) is 5.48. The monoisotopic (exact) mass is 343 g/mol. The Morgan fingerprint density at radius 3 is 1.96 bits per heavy atom. The quantitative estimate of drug-likeness (QED) is 0.264. The molecule has 0 amide bonds. The van der Waals surface area contributed by atoms with Crippen molar-refractivity contribution in [2.24, 2.45) is 0 Å². The van der Waals surface area contributed by atoms with Gasteiger partial charge in [-0.15, -0.1) is 0 Å². The fraction of sp³-hybridized carbons (Fsp3) is 1.00. The van der Waals surface area contributed by atoms with Crippen molar-refractivity contribution in [3.05, 3.63) is 0 Å². The van der Waals surface area contributed by atoms with E-state index in [-0.39, 0.29) is 0 Å². The van der Waals surface area contributed by atoms with Gasteiger partial charge in [-0.25, -0.2) is 4.39 Å². The first kappa shape index (κ1) is 18.9. The zero-order chi connectivity index (χ0) is 17.3. The van der Waals surface area contributed by atoms with Crippen LogP contribution in [0.1, 0.15) is 0 Å². The molecule has 0 aromatic rings. The van der Waals surface area contributed by atoms with Crippen LogP contribution in [0.3, 0.4) is 0 Å².